The van der Waals surface area contributed by atoms with Gasteiger partial charge >= 0.3 is 5.97 Å². The summed E-state index contributed by atoms with van der Waals surface area (Å²) in [5.74, 6) is 0.307. The molecule has 5 rings (SSSR count). The smallest absolute Gasteiger partial charge is 0.337 e. The van der Waals surface area contributed by atoms with Crippen molar-refractivity contribution in [1.82, 2.24) is 19.9 Å². The summed E-state index contributed by atoms with van der Waals surface area (Å²) in [6.07, 6.45) is 1.69. The van der Waals surface area contributed by atoms with Crippen molar-refractivity contribution in [3.63, 3.8) is 0 Å². The first-order valence-corrected chi connectivity index (χ1v) is 11.8. The highest BCUT2D eigenvalue weighted by molar-refractivity contribution is 5.94. The minimum absolute atomic E-state index is 0.199. The van der Waals surface area contributed by atoms with Crippen molar-refractivity contribution in [2.24, 2.45) is 5.73 Å². The number of hydrogen-bond acceptors (Lipinski definition) is 7. The molecule has 0 bridgehead atoms. The number of aromatic nitrogens is 4. The van der Waals surface area contributed by atoms with Gasteiger partial charge in [0, 0.05) is 28.9 Å². The summed E-state index contributed by atoms with van der Waals surface area (Å²) in [6.45, 7) is 3.08. The van der Waals surface area contributed by atoms with Gasteiger partial charge in [0.05, 0.1) is 35.2 Å². The van der Waals surface area contributed by atoms with Crippen molar-refractivity contribution >= 4 is 22.6 Å². The summed E-state index contributed by atoms with van der Waals surface area (Å²) < 4.78 is 5.65. The molecule has 0 spiro atoms. The standard InChI is InChI=1S/C28H26N6O3/c1-17-5-4-8-24(32-17)27-26(18-9-10-22-19(13-18)14-20(15-30-22)37-12-11-29)33-25(34-27)16-31-23-7-3-2-6-21(23)28(35)36/h2-10,13-15,31H,11-12,16,29H2,1H3,(H,33,34)(H,35,36). The van der Waals surface area contributed by atoms with Crippen LogP contribution in [-0.4, -0.2) is 44.2 Å². The predicted molar refractivity (Wildman–Crippen MR) is 143 cm³/mol. The summed E-state index contributed by atoms with van der Waals surface area (Å²) in [4.78, 5) is 29.0. The lowest BCUT2D eigenvalue weighted by atomic mass is 10.1. The molecule has 5 N–H and O–H groups in total. The van der Waals surface area contributed by atoms with Gasteiger partial charge in [-0.05, 0) is 49.4 Å². The molecule has 3 heterocycles. The van der Waals surface area contributed by atoms with E-state index >= 15 is 0 Å². The van der Waals surface area contributed by atoms with Crippen LogP contribution in [0, 0.1) is 6.92 Å². The molecule has 0 aliphatic rings. The van der Waals surface area contributed by atoms with Gasteiger partial charge in [-0.15, -0.1) is 0 Å². The molecule has 0 amide bonds. The Kier molecular flexibility index (Phi) is 6.78. The van der Waals surface area contributed by atoms with Crippen LogP contribution in [0.25, 0.3) is 33.5 Å². The number of aromatic amines is 1. The van der Waals surface area contributed by atoms with Gasteiger partial charge in [-0.2, -0.15) is 0 Å². The van der Waals surface area contributed by atoms with Crippen LogP contribution in [0.4, 0.5) is 5.69 Å². The van der Waals surface area contributed by atoms with E-state index in [0.717, 1.165) is 33.5 Å². The Bertz CT molecular complexity index is 1580. The van der Waals surface area contributed by atoms with Crippen molar-refractivity contribution in [2.75, 3.05) is 18.5 Å². The maximum Gasteiger partial charge on any atom is 0.337 e. The molecule has 0 radical (unpaired) electrons. The normalized spacial score (nSPS) is 11.0. The van der Waals surface area contributed by atoms with E-state index in [4.69, 9.17) is 15.5 Å². The number of imidazole rings is 1. The number of carbonyl (C=O) groups is 1. The van der Waals surface area contributed by atoms with Crippen LogP contribution in [0.15, 0.2) is 72.9 Å². The van der Waals surface area contributed by atoms with Crippen LogP contribution in [0.2, 0.25) is 0 Å². The number of nitrogens with two attached hydrogens (primary N) is 1. The van der Waals surface area contributed by atoms with Crippen molar-refractivity contribution in [1.29, 1.82) is 0 Å². The van der Waals surface area contributed by atoms with Gasteiger partial charge < -0.3 is 25.9 Å². The lowest BCUT2D eigenvalue weighted by Crippen LogP contribution is -2.10. The molecule has 37 heavy (non-hydrogen) atoms. The first-order valence-electron chi connectivity index (χ1n) is 11.8. The molecule has 3 aromatic heterocycles. The van der Waals surface area contributed by atoms with Crippen LogP contribution in [0.5, 0.6) is 5.75 Å². The number of carboxylic acids is 1. The largest absolute Gasteiger partial charge is 0.491 e. The third-order valence-electron chi connectivity index (χ3n) is 5.82. The molecule has 0 atom stereocenters. The van der Waals surface area contributed by atoms with E-state index in [-0.39, 0.29) is 5.56 Å². The third kappa shape index (κ3) is 5.26. The Labute approximate surface area is 213 Å². The minimum atomic E-state index is -0.993. The molecule has 0 saturated carbocycles. The number of nitrogens with zero attached hydrogens (tertiary/aromatic N) is 3. The fourth-order valence-electron chi connectivity index (χ4n) is 4.10. The zero-order valence-corrected chi connectivity index (χ0v) is 20.2. The lowest BCUT2D eigenvalue weighted by Gasteiger charge is -2.08. The van der Waals surface area contributed by atoms with Crippen molar-refractivity contribution < 1.29 is 14.6 Å². The van der Waals surface area contributed by atoms with E-state index in [1.165, 1.54) is 0 Å². The second-order valence-corrected chi connectivity index (χ2v) is 8.49. The van der Waals surface area contributed by atoms with Gasteiger partial charge in [-0.1, -0.05) is 24.3 Å². The molecule has 0 aliphatic heterocycles. The number of aryl methyl sites for hydroxylation is 1. The summed E-state index contributed by atoms with van der Waals surface area (Å²) in [5.41, 5.74) is 11.2. The van der Waals surface area contributed by atoms with E-state index in [1.54, 1.807) is 30.5 Å². The number of anilines is 1. The van der Waals surface area contributed by atoms with E-state index < -0.39 is 5.97 Å². The van der Waals surface area contributed by atoms with Gasteiger partial charge in [0.2, 0.25) is 0 Å². The van der Waals surface area contributed by atoms with Gasteiger partial charge in [0.15, 0.2) is 0 Å². The summed E-state index contributed by atoms with van der Waals surface area (Å²) in [5, 5.41) is 13.6. The quantitative estimate of drug-likeness (QED) is 0.232. The highest BCUT2D eigenvalue weighted by atomic mass is 16.5. The van der Waals surface area contributed by atoms with Crippen molar-refractivity contribution in [3.8, 4) is 28.4 Å². The predicted octanol–water partition coefficient (Wildman–Crippen LogP) is 4.64. The number of ether oxygens (including phenoxy) is 1. The average Bonchev–Trinajstić information content (AvgIpc) is 3.35. The number of para-hydroxylation sites is 1. The van der Waals surface area contributed by atoms with Crippen LogP contribution in [0.1, 0.15) is 21.9 Å². The number of aromatic carboxylic acids is 1. The summed E-state index contributed by atoms with van der Waals surface area (Å²) >= 11 is 0. The van der Waals surface area contributed by atoms with Gasteiger partial charge in [0.25, 0.3) is 0 Å². The first kappa shape index (κ1) is 24.0. The highest BCUT2D eigenvalue weighted by Gasteiger charge is 2.17. The van der Waals surface area contributed by atoms with Gasteiger partial charge in [0.1, 0.15) is 23.9 Å². The third-order valence-corrected chi connectivity index (χ3v) is 5.82. The Morgan fingerprint density at radius 2 is 1.95 bits per heavy atom. The van der Waals surface area contributed by atoms with Crippen LogP contribution >= 0.6 is 0 Å². The number of H-pyrrole nitrogens is 1. The minimum Gasteiger partial charge on any atom is -0.491 e. The maximum atomic E-state index is 11.6. The molecule has 2 aromatic carbocycles. The van der Waals surface area contributed by atoms with Crippen LogP contribution < -0.4 is 15.8 Å². The SMILES string of the molecule is Cc1cccc(-c2nc(CNc3ccccc3C(=O)O)[nH]c2-c2ccc3ncc(OCCN)cc3c2)n1. The molecule has 5 aromatic rings. The molecule has 0 aliphatic carbocycles. The van der Waals surface area contributed by atoms with E-state index in [1.807, 2.05) is 49.4 Å². The maximum absolute atomic E-state index is 11.6. The molecule has 186 valence electrons. The molecule has 9 nitrogen and oxygen atoms in total. The fraction of sp³-hybridized carbons (Fsp3) is 0.143. The Hall–Kier alpha value is -4.76. The number of carboxylic acid groups (broad SMARTS) is 1. The Morgan fingerprint density at radius 1 is 1.08 bits per heavy atom. The number of nitrogens with one attached hydrogen (secondary N) is 2. The molecule has 0 fully saturated rings. The first-order chi connectivity index (χ1) is 18.0. The molecular weight excluding hydrogens is 468 g/mol. The number of fused-ring (bicyclic) bond motifs is 1. The number of benzene rings is 2. The topological polar surface area (TPSA) is 139 Å². The number of hydrogen-bond donors (Lipinski definition) is 4. The number of rotatable bonds is 9. The van der Waals surface area contributed by atoms with E-state index in [9.17, 15) is 9.90 Å². The Balaban J connectivity index is 1.54. The zero-order chi connectivity index (χ0) is 25.8. The molecule has 0 saturated heterocycles. The van der Waals surface area contributed by atoms with Gasteiger partial charge in [-0.3, -0.25) is 9.97 Å². The summed E-state index contributed by atoms with van der Waals surface area (Å²) in [7, 11) is 0. The second-order valence-electron chi connectivity index (χ2n) is 8.49. The highest BCUT2D eigenvalue weighted by Crippen LogP contribution is 2.32. The van der Waals surface area contributed by atoms with Crippen LogP contribution in [0.3, 0.4) is 0 Å². The second kappa shape index (κ2) is 10.5. The molecule has 0 unspecified atom stereocenters. The zero-order valence-electron chi connectivity index (χ0n) is 20.2. The van der Waals surface area contributed by atoms with Gasteiger partial charge in [-0.25, -0.2) is 9.78 Å². The monoisotopic (exact) mass is 494 g/mol. The fourth-order valence-corrected chi connectivity index (χ4v) is 4.10. The molecular formula is C28H26N6O3. The van der Waals surface area contributed by atoms with Crippen molar-refractivity contribution in [2.45, 2.75) is 13.5 Å². The van der Waals surface area contributed by atoms with Crippen LogP contribution in [-0.2, 0) is 6.54 Å². The lowest BCUT2D eigenvalue weighted by molar-refractivity contribution is 0.0698. The Morgan fingerprint density at radius 3 is 2.76 bits per heavy atom. The number of pyridine rings is 2. The molecule has 9 heteroatoms. The average molecular weight is 495 g/mol. The van der Waals surface area contributed by atoms with E-state index in [0.29, 0.717) is 42.7 Å². The van der Waals surface area contributed by atoms with E-state index in [2.05, 4.69) is 20.3 Å². The van der Waals surface area contributed by atoms with Crippen molar-refractivity contribution in [3.05, 3.63) is 90.0 Å². The summed E-state index contributed by atoms with van der Waals surface area (Å²) in [6, 6.07) is 20.5.